The van der Waals surface area contributed by atoms with Crippen molar-refractivity contribution >= 4 is 35.8 Å². The molecule has 1 unspecified atom stereocenters. The molecule has 0 saturated carbocycles. The second-order valence-electron chi connectivity index (χ2n) is 8.93. The van der Waals surface area contributed by atoms with E-state index in [-0.39, 0.29) is 29.9 Å². The number of likely N-dealkylation sites (tertiary alicyclic amines) is 1. The van der Waals surface area contributed by atoms with Gasteiger partial charge in [0.15, 0.2) is 5.96 Å². The number of benzene rings is 2. The van der Waals surface area contributed by atoms with Gasteiger partial charge < -0.3 is 15.5 Å². The van der Waals surface area contributed by atoms with Crippen LogP contribution in [0, 0.1) is 5.92 Å². The summed E-state index contributed by atoms with van der Waals surface area (Å²) in [6.07, 6.45) is 2.64. The third kappa shape index (κ3) is 8.30. The topological polar surface area (TPSA) is 60.0 Å². The number of carbonyl (C=O) groups is 1. The summed E-state index contributed by atoms with van der Waals surface area (Å²) < 4.78 is 0. The standard InChI is InChI=1S/C26H37N5O.HI/c1-20-8-7-15-31(18-20)19-24-10-6-5-9-23(24)17-29-26(27-2)28-16-21-11-13-22(14-12-21)25(32)30(3)4;/h5-6,9-14,20H,7-8,15-19H2,1-4H3,(H2,27,28,29);1H. The number of carbonyl (C=O) groups excluding carboxylic acids is 1. The lowest BCUT2D eigenvalue weighted by molar-refractivity contribution is 0.0827. The first-order chi connectivity index (χ1) is 15.5. The van der Waals surface area contributed by atoms with Crippen LogP contribution in [0.1, 0.15) is 46.8 Å². The van der Waals surface area contributed by atoms with Crippen LogP contribution in [-0.2, 0) is 19.6 Å². The van der Waals surface area contributed by atoms with Crippen molar-refractivity contribution in [2.24, 2.45) is 10.9 Å². The van der Waals surface area contributed by atoms with Gasteiger partial charge in [-0.3, -0.25) is 14.7 Å². The van der Waals surface area contributed by atoms with Gasteiger partial charge in [-0.2, -0.15) is 0 Å². The van der Waals surface area contributed by atoms with E-state index in [1.54, 1.807) is 26.0 Å². The van der Waals surface area contributed by atoms with E-state index >= 15 is 0 Å². The van der Waals surface area contributed by atoms with Crippen molar-refractivity contribution < 1.29 is 4.79 Å². The maximum Gasteiger partial charge on any atom is 0.253 e. The lowest BCUT2D eigenvalue weighted by atomic mass is 9.99. The summed E-state index contributed by atoms with van der Waals surface area (Å²) in [5, 5.41) is 6.81. The Kier molecular flexibility index (Phi) is 11.1. The molecular weight excluding hydrogens is 525 g/mol. The highest BCUT2D eigenvalue weighted by Gasteiger charge is 2.17. The Labute approximate surface area is 215 Å². The third-order valence-corrected chi connectivity index (χ3v) is 5.99. The summed E-state index contributed by atoms with van der Waals surface area (Å²) in [6, 6.07) is 16.4. The number of nitrogens with zero attached hydrogens (tertiary/aromatic N) is 3. The van der Waals surface area contributed by atoms with Crippen molar-refractivity contribution in [2.45, 2.75) is 39.4 Å². The van der Waals surface area contributed by atoms with Crippen molar-refractivity contribution in [3.05, 3.63) is 70.8 Å². The SMILES string of the molecule is CN=C(NCc1ccc(C(=O)N(C)C)cc1)NCc1ccccc1CN1CCCC(C)C1.I. The van der Waals surface area contributed by atoms with E-state index in [4.69, 9.17) is 0 Å². The molecule has 7 heteroatoms. The summed E-state index contributed by atoms with van der Waals surface area (Å²) in [5.41, 5.74) is 4.48. The van der Waals surface area contributed by atoms with Crippen molar-refractivity contribution in [1.82, 2.24) is 20.4 Å². The number of piperidine rings is 1. The van der Waals surface area contributed by atoms with Gasteiger partial charge in [0.25, 0.3) is 5.91 Å². The zero-order chi connectivity index (χ0) is 22.9. The molecular formula is C26H38IN5O. The molecule has 1 atom stereocenters. The molecule has 1 aliphatic heterocycles. The lowest BCUT2D eigenvalue weighted by Gasteiger charge is -2.31. The maximum atomic E-state index is 12.0. The number of hydrogen-bond acceptors (Lipinski definition) is 3. The van der Waals surface area contributed by atoms with E-state index in [0.717, 1.165) is 30.5 Å². The third-order valence-electron chi connectivity index (χ3n) is 5.99. The highest BCUT2D eigenvalue weighted by Crippen LogP contribution is 2.19. The Morgan fingerprint density at radius 1 is 1.06 bits per heavy atom. The smallest absolute Gasteiger partial charge is 0.253 e. The number of halogens is 1. The Morgan fingerprint density at radius 3 is 2.36 bits per heavy atom. The van der Waals surface area contributed by atoms with Gasteiger partial charge in [0.2, 0.25) is 0 Å². The molecule has 1 aliphatic rings. The average Bonchev–Trinajstić information content (AvgIpc) is 2.80. The van der Waals surface area contributed by atoms with Gasteiger partial charge in [-0.1, -0.05) is 43.3 Å². The number of amides is 1. The zero-order valence-corrected chi connectivity index (χ0v) is 22.6. The van der Waals surface area contributed by atoms with Gasteiger partial charge in [-0.25, -0.2) is 0 Å². The fraction of sp³-hybridized carbons (Fsp3) is 0.462. The summed E-state index contributed by atoms with van der Waals surface area (Å²) in [4.78, 5) is 20.6. The fourth-order valence-corrected chi connectivity index (χ4v) is 4.16. The summed E-state index contributed by atoms with van der Waals surface area (Å²) in [6.45, 7) is 7.10. The first-order valence-electron chi connectivity index (χ1n) is 11.5. The van der Waals surface area contributed by atoms with Crippen LogP contribution in [0.3, 0.4) is 0 Å². The monoisotopic (exact) mass is 563 g/mol. The van der Waals surface area contributed by atoms with E-state index in [0.29, 0.717) is 12.1 Å². The summed E-state index contributed by atoms with van der Waals surface area (Å²) in [7, 11) is 5.31. The van der Waals surface area contributed by atoms with E-state index < -0.39 is 0 Å². The minimum atomic E-state index is 0. The highest BCUT2D eigenvalue weighted by atomic mass is 127. The molecule has 33 heavy (non-hydrogen) atoms. The Balaban J connectivity index is 0.00000385. The maximum absolute atomic E-state index is 12.0. The summed E-state index contributed by atoms with van der Waals surface area (Å²) >= 11 is 0. The van der Waals surface area contributed by atoms with Crippen LogP contribution in [0.2, 0.25) is 0 Å². The van der Waals surface area contributed by atoms with Crippen molar-refractivity contribution in [2.75, 3.05) is 34.2 Å². The Bertz CT molecular complexity index is 913. The predicted molar refractivity (Wildman–Crippen MR) is 147 cm³/mol. The summed E-state index contributed by atoms with van der Waals surface area (Å²) in [5.74, 6) is 1.56. The van der Waals surface area contributed by atoms with Crippen LogP contribution in [0.15, 0.2) is 53.5 Å². The van der Waals surface area contributed by atoms with Crippen LogP contribution in [0.25, 0.3) is 0 Å². The normalized spacial score (nSPS) is 16.6. The largest absolute Gasteiger partial charge is 0.352 e. The Hall–Kier alpha value is -2.13. The number of aliphatic imine (C=N–C) groups is 1. The molecule has 0 bridgehead atoms. The highest BCUT2D eigenvalue weighted by molar-refractivity contribution is 14.0. The van der Waals surface area contributed by atoms with Gasteiger partial charge in [-0.15, -0.1) is 24.0 Å². The van der Waals surface area contributed by atoms with E-state index in [1.165, 1.54) is 37.1 Å². The van der Waals surface area contributed by atoms with Gasteiger partial charge in [0.1, 0.15) is 0 Å². The molecule has 1 fully saturated rings. The molecule has 3 rings (SSSR count). The second kappa shape index (κ2) is 13.5. The van der Waals surface area contributed by atoms with Crippen LogP contribution in [0.5, 0.6) is 0 Å². The average molecular weight is 564 g/mol. The Morgan fingerprint density at radius 2 is 1.73 bits per heavy atom. The minimum absolute atomic E-state index is 0. The molecule has 6 nitrogen and oxygen atoms in total. The van der Waals surface area contributed by atoms with Crippen LogP contribution in [0.4, 0.5) is 0 Å². The molecule has 2 aromatic carbocycles. The second-order valence-corrected chi connectivity index (χ2v) is 8.93. The van der Waals surface area contributed by atoms with Crippen molar-refractivity contribution in [3.63, 3.8) is 0 Å². The van der Waals surface area contributed by atoms with E-state index in [9.17, 15) is 4.79 Å². The molecule has 2 aromatic rings. The molecule has 1 heterocycles. The molecule has 180 valence electrons. The number of hydrogen-bond donors (Lipinski definition) is 2. The minimum Gasteiger partial charge on any atom is -0.352 e. The first-order valence-corrected chi connectivity index (χ1v) is 11.5. The van der Waals surface area contributed by atoms with E-state index in [2.05, 4.69) is 51.7 Å². The van der Waals surface area contributed by atoms with Crippen LogP contribution < -0.4 is 10.6 Å². The van der Waals surface area contributed by atoms with Gasteiger partial charge in [0.05, 0.1) is 0 Å². The van der Waals surface area contributed by atoms with Gasteiger partial charge in [-0.05, 0) is 54.1 Å². The molecule has 0 spiro atoms. The zero-order valence-electron chi connectivity index (χ0n) is 20.3. The predicted octanol–water partition coefficient (Wildman–Crippen LogP) is 4.10. The molecule has 0 aromatic heterocycles. The van der Waals surface area contributed by atoms with Gasteiger partial charge in [0, 0.05) is 52.9 Å². The molecule has 0 aliphatic carbocycles. The van der Waals surface area contributed by atoms with Crippen molar-refractivity contribution in [3.8, 4) is 0 Å². The molecule has 2 N–H and O–H groups in total. The number of guanidine groups is 1. The number of rotatable bonds is 7. The molecule has 0 radical (unpaired) electrons. The molecule has 1 saturated heterocycles. The van der Waals surface area contributed by atoms with E-state index in [1.807, 2.05) is 24.3 Å². The lowest BCUT2D eigenvalue weighted by Crippen LogP contribution is -2.37. The number of nitrogens with one attached hydrogen (secondary N) is 2. The van der Waals surface area contributed by atoms with Crippen LogP contribution in [-0.4, -0.2) is 55.9 Å². The van der Waals surface area contributed by atoms with Gasteiger partial charge >= 0.3 is 0 Å². The first kappa shape index (κ1) is 27.1. The quantitative estimate of drug-likeness (QED) is 0.303. The van der Waals surface area contributed by atoms with Crippen LogP contribution >= 0.6 is 24.0 Å². The fourth-order valence-electron chi connectivity index (χ4n) is 4.16. The molecule has 1 amide bonds. The van der Waals surface area contributed by atoms with Crippen molar-refractivity contribution in [1.29, 1.82) is 0 Å².